The van der Waals surface area contributed by atoms with E-state index < -0.39 is 20.1 Å². The third kappa shape index (κ3) is 11.3. The number of hydrogen-bond donors (Lipinski definition) is 4. The average Bonchev–Trinajstić information content (AvgIpc) is 3.64. The van der Waals surface area contributed by atoms with E-state index in [1.807, 2.05) is 84.9 Å². The molecule has 6 rings (SSSR count). The predicted octanol–water partition coefficient (Wildman–Crippen LogP) is 6.09. The van der Waals surface area contributed by atoms with Crippen LogP contribution in [0.15, 0.2) is 114 Å². The number of aromatic amines is 1. The number of carbonyl (C=O) groups is 1. The van der Waals surface area contributed by atoms with Crippen molar-refractivity contribution in [3.63, 3.8) is 0 Å². The number of benzene rings is 4. The van der Waals surface area contributed by atoms with Crippen molar-refractivity contribution in [1.82, 2.24) is 14.6 Å². The Balaban J connectivity index is 0.000000288. The van der Waals surface area contributed by atoms with Crippen molar-refractivity contribution in [3.8, 4) is 39.4 Å². The van der Waals surface area contributed by atoms with Crippen LogP contribution in [-0.4, -0.2) is 86.7 Å². The van der Waals surface area contributed by atoms with Crippen molar-refractivity contribution >= 4 is 31.8 Å². The van der Waals surface area contributed by atoms with Gasteiger partial charge in [-0.15, -0.1) is 0 Å². The van der Waals surface area contributed by atoms with Crippen LogP contribution in [0.3, 0.4) is 0 Å². The number of H-pyrrole nitrogens is 1. The first-order chi connectivity index (χ1) is 24.2. The van der Waals surface area contributed by atoms with Crippen LogP contribution in [0.1, 0.15) is 35.3 Å². The number of nitrogens with one attached hydrogen (secondary N) is 2. The summed E-state index contributed by atoms with van der Waals surface area (Å²) in [6.07, 6.45) is 1.89. The van der Waals surface area contributed by atoms with Crippen LogP contribution in [0.4, 0.5) is 0 Å². The molecule has 4 N–H and O–H groups in total. The molecule has 268 valence electrons. The highest BCUT2D eigenvalue weighted by molar-refractivity contribution is 7.88. The lowest BCUT2D eigenvalue weighted by atomic mass is 9.97. The Hall–Kier alpha value is -4.92. The van der Waals surface area contributed by atoms with E-state index in [1.54, 1.807) is 0 Å². The summed E-state index contributed by atoms with van der Waals surface area (Å²) < 4.78 is 49.6. The summed E-state index contributed by atoms with van der Waals surface area (Å²) in [5.74, 6) is -0.398. The van der Waals surface area contributed by atoms with Gasteiger partial charge in [0.05, 0.1) is 35.0 Å². The van der Waals surface area contributed by atoms with Crippen LogP contribution in [-0.2, 0) is 20.1 Å². The van der Waals surface area contributed by atoms with E-state index >= 15 is 0 Å². The van der Waals surface area contributed by atoms with Crippen LogP contribution < -0.4 is 4.72 Å². The zero-order valence-corrected chi connectivity index (χ0v) is 30.5. The molecule has 0 saturated heterocycles. The predicted molar refractivity (Wildman–Crippen MR) is 203 cm³/mol. The molecule has 0 fully saturated rings. The Morgan fingerprint density at radius 3 is 1.51 bits per heavy atom. The quantitative estimate of drug-likeness (QED) is 0.125. The number of amides is 1. The van der Waals surface area contributed by atoms with E-state index in [0.717, 1.165) is 53.0 Å². The number of rotatable bonds is 10. The molecule has 13 heteroatoms. The molecule has 0 bridgehead atoms. The molecule has 0 aliphatic carbocycles. The molecule has 11 nitrogen and oxygen atoms in total. The largest absolute Gasteiger partial charge is 0.494 e. The molecular formula is C38H42N4O7S2. The van der Waals surface area contributed by atoms with Gasteiger partial charge in [-0.3, -0.25) is 9.35 Å². The monoisotopic (exact) mass is 730 g/mol. The van der Waals surface area contributed by atoms with Crippen molar-refractivity contribution < 1.29 is 31.3 Å². The summed E-state index contributed by atoms with van der Waals surface area (Å²) in [4.78, 5) is 22.4. The molecule has 51 heavy (non-hydrogen) atoms. The first-order valence-corrected chi connectivity index (χ1v) is 19.9. The number of carbonyl (C=O) groups excluding carboxylic acids is 1. The number of hydrogen-bond acceptors (Lipinski definition) is 7. The fraction of sp³-hybridized carbons (Fsp3) is 0.211. The van der Waals surface area contributed by atoms with Gasteiger partial charge in [0.2, 0.25) is 10.0 Å². The summed E-state index contributed by atoms with van der Waals surface area (Å²) in [6, 6.07) is 36.0. The molecule has 1 amide bonds. The minimum Gasteiger partial charge on any atom is -0.494 e. The molecule has 0 radical (unpaired) electrons. The summed E-state index contributed by atoms with van der Waals surface area (Å²) in [5.41, 5.74) is 7.93. The first kappa shape index (κ1) is 38.9. The fourth-order valence-electron chi connectivity index (χ4n) is 5.41. The van der Waals surface area contributed by atoms with E-state index in [2.05, 4.69) is 57.7 Å². The topological polar surface area (TPSA) is 169 Å². The lowest BCUT2D eigenvalue weighted by Crippen LogP contribution is -2.34. The molecule has 4 aromatic carbocycles. The number of aromatic hydroxyl groups is 1. The number of fused-ring (bicyclic) bond motifs is 1. The first-order valence-electron chi connectivity index (χ1n) is 16.2. The van der Waals surface area contributed by atoms with Crippen LogP contribution in [0.25, 0.3) is 33.5 Å². The SMILES string of the molecule is CCN(CC)CCNS(C)(=O)=O.CS(=O)(=O)O.O=C1N=C(c2ccc(-c3ccccc3)cc2)c2c(O)[nH]c(-c3ccc(-c4ccccc4)cc3)c21. The van der Waals surface area contributed by atoms with Crippen molar-refractivity contribution in [3.05, 3.63) is 126 Å². The maximum Gasteiger partial charge on any atom is 0.280 e. The summed E-state index contributed by atoms with van der Waals surface area (Å²) >= 11 is 0. The minimum absolute atomic E-state index is 0.0473. The Bertz CT molecular complexity index is 2150. The van der Waals surface area contributed by atoms with Gasteiger partial charge in [-0.1, -0.05) is 123 Å². The number of sulfonamides is 1. The Morgan fingerprint density at radius 1 is 0.667 bits per heavy atom. The zero-order chi connectivity index (χ0) is 37.2. The third-order valence-corrected chi connectivity index (χ3v) is 8.61. The molecule has 1 aromatic heterocycles. The Morgan fingerprint density at radius 2 is 1.08 bits per heavy atom. The lowest BCUT2D eigenvalue weighted by molar-refractivity contribution is 0.101. The molecule has 0 unspecified atom stereocenters. The van der Waals surface area contributed by atoms with E-state index in [9.17, 15) is 26.7 Å². The highest BCUT2D eigenvalue weighted by Crippen LogP contribution is 2.38. The van der Waals surface area contributed by atoms with Gasteiger partial charge in [0.1, 0.15) is 0 Å². The van der Waals surface area contributed by atoms with Crippen LogP contribution in [0.5, 0.6) is 5.88 Å². The van der Waals surface area contributed by atoms with Gasteiger partial charge < -0.3 is 15.0 Å². The van der Waals surface area contributed by atoms with Crippen molar-refractivity contribution in [2.75, 3.05) is 38.7 Å². The molecule has 0 saturated carbocycles. The number of aromatic nitrogens is 1. The third-order valence-electron chi connectivity index (χ3n) is 7.88. The van der Waals surface area contributed by atoms with Crippen LogP contribution >= 0.6 is 0 Å². The molecule has 1 aliphatic rings. The second kappa shape index (κ2) is 17.3. The van der Waals surface area contributed by atoms with E-state index in [1.165, 1.54) is 6.26 Å². The van der Waals surface area contributed by atoms with E-state index in [4.69, 9.17) is 4.55 Å². The smallest absolute Gasteiger partial charge is 0.280 e. The van der Waals surface area contributed by atoms with Crippen LogP contribution in [0.2, 0.25) is 0 Å². The second-order valence-corrected chi connectivity index (χ2v) is 15.0. The Labute approximate surface area is 299 Å². The second-order valence-electron chi connectivity index (χ2n) is 11.7. The lowest BCUT2D eigenvalue weighted by Gasteiger charge is -2.17. The molecule has 1 aliphatic heterocycles. The zero-order valence-electron chi connectivity index (χ0n) is 28.9. The summed E-state index contributed by atoms with van der Waals surface area (Å²) in [5, 5.41) is 10.7. The van der Waals surface area contributed by atoms with Gasteiger partial charge in [0, 0.05) is 18.7 Å². The van der Waals surface area contributed by atoms with Crippen molar-refractivity contribution in [2.24, 2.45) is 4.99 Å². The maximum atomic E-state index is 12.9. The average molecular weight is 731 g/mol. The molecule has 0 atom stereocenters. The highest BCUT2D eigenvalue weighted by atomic mass is 32.2. The molecule has 5 aromatic rings. The molecule has 0 spiro atoms. The van der Waals surface area contributed by atoms with Gasteiger partial charge in [-0.2, -0.15) is 8.42 Å². The Kier molecular flexibility index (Phi) is 13.2. The van der Waals surface area contributed by atoms with Crippen molar-refractivity contribution in [2.45, 2.75) is 13.8 Å². The molecule has 2 heterocycles. The van der Waals surface area contributed by atoms with Gasteiger partial charge in [0.15, 0.2) is 5.88 Å². The van der Waals surface area contributed by atoms with E-state index in [0.29, 0.717) is 35.3 Å². The van der Waals surface area contributed by atoms with E-state index in [-0.39, 0.29) is 11.8 Å². The normalized spacial score (nSPS) is 12.4. The fourth-order valence-corrected chi connectivity index (χ4v) is 5.87. The van der Waals surface area contributed by atoms with Gasteiger partial charge in [0.25, 0.3) is 16.0 Å². The number of aliphatic imine (C=N–C) groups is 1. The van der Waals surface area contributed by atoms with Crippen molar-refractivity contribution in [1.29, 1.82) is 0 Å². The summed E-state index contributed by atoms with van der Waals surface area (Å²) in [6.45, 7) is 7.32. The summed E-state index contributed by atoms with van der Waals surface area (Å²) in [7, 11) is -6.68. The molecular weight excluding hydrogens is 689 g/mol. The standard InChI is InChI=1S/C30H20N2O2.C7H18N2O2S.CH4O3S/c33-29-25-26(28(32-29)24-17-13-22(14-18-24)20-9-5-2-6-10-20)30(34)31-27(25)23-15-11-21(12-16-23)19-7-3-1-4-8-19;1-4-9(5-2)7-6-8-12(3,10)11;1-5(2,3)4/h1-18,31,34H;8H,4-7H2,1-3H3;1H3,(H,2,3,4). The van der Waals surface area contributed by atoms with Gasteiger partial charge >= 0.3 is 0 Å². The van der Waals surface area contributed by atoms with Gasteiger partial charge in [-0.25, -0.2) is 18.1 Å². The maximum absolute atomic E-state index is 12.9. The highest BCUT2D eigenvalue weighted by Gasteiger charge is 2.33. The van der Waals surface area contributed by atoms with Gasteiger partial charge in [-0.05, 0) is 40.9 Å². The number of likely N-dealkylation sites (N-methyl/N-ethyl adjacent to an activating group) is 1. The van der Waals surface area contributed by atoms with Crippen LogP contribution in [0, 0.1) is 0 Å². The number of nitrogens with zero attached hydrogens (tertiary/aromatic N) is 2. The minimum atomic E-state index is -3.67.